The van der Waals surface area contributed by atoms with Crippen molar-refractivity contribution in [2.24, 2.45) is 0 Å². The zero-order chi connectivity index (χ0) is 12.8. The Hall–Kier alpha value is -1.06. The maximum atomic E-state index is 5.65. The van der Waals surface area contributed by atoms with Crippen molar-refractivity contribution in [3.63, 3.8) is 0 Å². The van der Waals surface area contributed by atoms with E-state index < -0.39 is 0 Å². The predicted octanol–water partition coefficient (Wildman–Crippen LogP) is 4.41. The summed E-state index contributed by atoms with van der Waals surface area (Å²) in [6, 6.07) is 12.3. The molecule has 0 radical (unpaired) electrons. The first-order valence-electron chi connectivity index (χ1n) is 6.19. The average molecular weight is 309 g/mol. The highest BCUT2D eigenvalue weighted by Crippen LogP contribution is 2.23. The molecule has 0 saturated carbocycles. The van der Waals surface area contributed by atoms with E-state index >= 15 is 0 Å². The van der Waals surface area contributed by atoms with E-state index in [1.807, 2.05) is 12.1 Å². The van der Waals surface area contributed by atoms with E-state index in [2.05, 4.69) is 47.1 Å². The van der Waals surface area contributed by atoms with Gasteiger partial charge in [-0.25, -0.2) is 0 Å². The molecule has 96 valence electrons. The fraction of sp³-hybridized carbons (Fsp3) is 0.333. The number of benzene rings is 2. The van der Waals surface area contributed by atoms with Gasteiger partial charge in [-0.3, -0.25) is 0 Å². The molecule has 2 rings (SSSR count). The summed E-state index contributed by atoms with van der Waals surface area (Å²) in [5.41, 5.74) is 0. The highest BCUT2D eigenvalue weighted by Gasteiger charge is 1.98. The molecule has 0 unspecified atom stereocenters. The average Bonchev–Trinajstić information content (AvgIpc) is 2.38. The van der Waals surface area contributed by atoms with Gasteiger partial charge in [-0.2, -0.15) is 0 Å². The third-order valence-corrected chi connectivity index (χ3v) is 3.11. The minimum absolute atomic E-state index is 0.599. The summed E-state index contributed by atoms with van der Waals surface area (Å²) in [5.74, 6) is 0.893. The second-order valence-corrected chi connectivity index (χ2v) is 5.03. The van der Waals surface area contributed by atoms with Crippen molar-refractivity contribution in [1.29, 1.82) is 0 Å². The van der Waals surface area contributed by atoms with Crippen LogP contribution in [0, 0.1) is 0 Å². The summed E-state index contributed by atoms with van der Waals surface area (Å²) in [7, 11) is 0. The van der Waals surface area contributed by atoms with Gasteiger partial charge in [0.25, 0.3) is 0 Å². The molecule has 0 fully saturated rings. The molecule has 0 N–H and O–H groups in total. The zero-order valence-electron chi connectivity index (χ0n) is 10.5. The standard InChI is InChI=1S/C15H17BrO2/c1-2-7-17-8-9-18-15-6-4-12-10-14(16)5-3-13(12)11-15/h3-6,10-11H,2,7-9H2,1H3. The Bertz CT molecular complexity index is 511. The Kier molecular flexibility index (Phi) is 5.02. The van der Waals surface area contributed by atoms with Crippen molar-refractivity contribution in [1.82, 2.24) is 0 Å². The van der Waals surface area contributed by atoms with Crippen molar-refractivity contribution >= 4 is 26.7 Å². The topological polar surface area (TPSA) is 18.5 Å². The molecule has 0 amide bonds. The lowest BCUT2D eigenvalue weighted by Crippen LogP contribution is -2.06. The van der Waals surface area contributed by atoms with E-state index in [0.717, 1.165) is 23.2 Å². The highest BCUT2D eigenvalue weighted by molar-refractivity contribution is 9.10. The lowest BCUT2D eigenvalue weighted by atomic mass is 10.1. The van der Waals surface area contributed by atoms with Gasteiger partial charge < -0.3 is 9.47 Å². The van der Waals surface area contributed by atoms with Gasteiger partial charge in [-0.1, -0.05) is 35.0 Å². The van der Waals surface area contributed by atoms with Gasteiger partial charge in [0.2, 0.25) is 0 Å². The van der Waals surface area contributed by atoms with Gasteiger partial charge in [0.1, 0.15) is 12.4 Å². The van der Waals surface area contributed by atoms with E-state index in [-0.39, 0.29) is 0 Å². The van der Waals surface area contributed by atoms with E-state index in [1.54, 1.807) is 0 Å². The maximum absolute atomic E-state index is 5.65. The molecule has 0 aliphatic heterocycles. The fourth-order valence-electron chi connectivity index (χ4n) is 1.75. The molecule has 0 spiro atoms. The third-order valence-electron chi connectivity index (χ3n) is 2.62. The minimum atomic E-state index is 0.599. The quantitative estimate of drug-likeness (QED) is 0.736. The summed E-state index contributed by atoms with van der Waals surface area (Å²) < 4.78 is 12.1. The Morgan fingerprint density at radius 1 is 0.944 bits per heavy atom. The number of ether oxygens (including phenoxy) is 2. The Morgan fingerprint density at radius 2 is 1.72 bits per heavy atom. The lowest BCUT2D eigenvalue weighted by Gasteiger charge is -2.08. The molecule has 0 heterocycles. The molecule has 0 atom stereocenters. The molecule has 2 aromatic carbocycles. The van der Waals surface area contributed by atoms with Crippen LogP contribution in [0.3, 0.4) is 0 Å². The van der Waals surface area contributed by atoms with Crippen LogP contribution in [0.15, 0.2) is 40.9 Å². The van der Waals surface area contributed by atoms with Crippen molar-refractivity contribution in [3.8, 4) is 5.75 Å². The molecule has 2 aromatic rings. The van der Waals surface area contributed by atoms with E-state index in [1.165, 1.54) is 10.8 Å². The molecule has 0 aliphatic rings. The van der Waals surface area contributed by atoms with Crippen molar-refractivity contribution in [2.75, 3.05) is 19.8 Å². The van der Waals surface area contributed by atoms with Crippen LogP contribution in [0.1, 0.15) is 13.3 Å². The lowest BCUT2D eigenvalue weighted by molar-refractivity contribution is 0.101. The summed E-state index contributed by atoms with van der Waals surface area (Å²) in [4.78, 5) is 0. The van der Waals surface area contributed by atoms with Gasteiger partial charge in [0.05, 0.1) is 6.61 Å². The summed E-state index contributed by atoms with van der Waals surface area (Å²) in [6.45, 7) is 4.14. The van der Waals surface area contributed by atoms with Crippen LogP contribution >= 0.6 is 15.9 Å². The first-order valence-corrected chi connectivity index (χ1v) is 6.99. The van der Waals surface area contributed by atoms with Gasteiger partial charge in [0, 0.05) is 11.1 Å². The van der Waals surface area contributed by atoms with Crippen molar-refractivity contribution in [3.05, 3.63) is 40.9 Å². The Labute approximate surface area is 116 Å². The van der Waals surface area contributed by atoms with Crippen LogP contribution in [-0.4, -0.2) is 19.8 Å². The molecule has 0 aromatic heterocycles. The van der Waals surface area contributed by atoms with E-state index in [9.17, 15) is 0 Å². The molecular weight excluding hydrogens is 292 g/mol. The Balaban J connectivity index is 1.95. The van der Waals surface area contributed by atoms with Gasteiger partial charge in [-0.05, 0) is 41.5 Å². The highest BCUT2D eigenvalue weighted by atomic mass is 79.9. The molecule has 18 heavy (non-hydrogen) atoms. The maximum Gasteiger partial charge on any atom is 0.120 e. The molecular formula is C15H17BrO2. The second-order valence-electron chi connectivity index (χ2n) is 4.11. The van der Waals surface area contributed by atoms with E-state index in [4.69, 9.17) is 9.47 Å². The second kappa shape index (κ2) is 6.76. The van der Waals surface area contributed by atoms with Crippen LogP contribution < -0.4 is 4.74 Å². The SMILES string of the molecule is CCCOCCOc1ccc2cc(Br)ccc2c1. The van der Waals surface area contributed by atoms with Crippen LogP contribution in [0.2, 0.25) is 0 Å². The largest absolute Gasteiger partial charge is 0.491 e. The number of hydrogen-bond donors (Lipinski definition) is 0. The van der Waals surface area contributed by atoms with Gasteiger partial charge >= 0.3 is 0 Å². The monoisotopic (exact) mass is 308 g/mol. The normalized spacial score (nSPS) is 10.8. The number of hydrogen-bond acceptors (Lipinski definition) is 2. The first kappa shape index (κ1) is 13.4. The third kappa shape index (κ3) is 3.72. The van der Waals surface area contributed by atoms with Crippen molar-refractivity contribution < 1.29 is 9.47 Å². The zero-order valence-corrected chi connectivity index (χ0v) is 12.1. The smallest absolute Gasteiger partial charge is 0.120 e. The Morgan fingerprint density at radius 3 is 2.56 bits per heavy atom. The fourth-order valence-corrected chi connectivity index (χ4v) is 2.13. The minimum Gasteiger partial charge on any atom is -0.491 e. The summed E-state index contributed by atoms with van der Waals surface area (Å²) in [6.07, 6.45) is 1.05. The molecule has 0 saturated heterocycles. The van der Waals surface area contributed by atoms with Crippen LogP contribution in [0.5, 0.6) is 5.75 Å². The number of fused-ring (bicyclic) bond motifs is 1. The summed E-state index contributed by atoms with van der Waals surface area (Å²) >= 11 is 3.47. The molecule has 2 nitrogen and oxygen atoms in total. The first-order chi connectivity index (χ1) is 8.79. The summed E-state index contributed by atoms with van der Waals surface area (Å²) in [5, 5.41) is 2.39. The predicted molar refractivity (Wildman–Crippen MR) is 78.3 cm³/mol. The number of rotatable bonds is 6. The van der Waals surface area contributed by atoms with Crippen molar-refractivity contribution in [2.45, 2.75) is 13.3 Å². The van der Waals surface area contributed by atoms with Crippen LogP contribution in [0.4, 0.5) is 0 Å². The molecule has 0 bridgehead atoms. The molecule has 0 aliphatic carbocycles. The molecule has 3 heteroatoms. The van der Waals surface area contributed by atoms with Gasteiger partial charge in [0.15, 0.2) is 0 Å². The number of halogens is 1. The van der Waals surface area contributed by atoms with Crippen LogP contribution in [-0.2, 0) is 4.74 Å². The van der Waals surface area contributed by atoms with Crippen LogP contribution in [0.25, 0.3) is 10.8 Å². The van der Waals surface area contributed by atoms with Gasteiger partial charge in [-0.15, -0.1) is 0 Å². The van der Waals surface area contributed by atoms with E-state index in [0.29, 0.717) is 13.2 Å².